The highest BCUT2D eigenvalue weighted by Crippen LogP contribution is 2.10. The normalized spacial score (nSPS) is 21.6. The lowest BCUT2D eigenvalue weighted by Gasteiger charge is -2.15. The van der Waals surface area contributed by atoms with E-state index in [0.717, 1.165) is 32.4 Å². The van der Waals surface area contributed by atoms with Crippen molar-refractivity contribution >= 4 is 17.7 Å². The molecular weight excluding hydrogens is 274 g/mol. The molecule has 118 valence electrons. The number of carbonyl (C=O) groups excluding carboxylic acids is 3. The van der Waals surface area contributed by atoms with E-state index >= 15 is 0 Å². The third-order valence-corrected chi connectivity index (χ3v) is 3.78. The summed E-state index contributed by atoms with van der Waals surface area (Å²) in [5.41, 5.74) is 0. The Balaban J connectivity index is 1.53. The molecule has 0 bridgehead atoms. The van der Waals surface area contributed by atoms with Crippen LogP contribution in [-0.4, -0.2) is 61.5 Å². The molecule has 2 aliphatic heterocycles. The summed E-state index contributed by atoms with van der Waals surface area (Å²) in [5, 5.41) is 5.14. The van der Waals surface area contributed by atoms with Gasteiger partial charge in [0.25, 0.3) is 0 Å². The molecule has 1 unspecified atom stereocenters. The first-order valence-corrected chi connectivity index (χ1v) is 7.62. The smallest absolute Gasteiger partial charge is 0.309 e. The molecule has 2 fully saturated rings. The number of rotatable bonds is 6. The minimum Gasteiger partial charge on any atom is -0.376 e. The molecule has 7 heteroatoms. The summed E-state index contributed by atoms with van der Waals surface area (Å²) in [4.78, 5) is 36.3. The number of ether oxygens (including phenoxy) is 1. The Kier molecular flexibility index (Phi) is 5.98. The van der Waals surface area contributed by atoms with E-state index in [1.807, 2.05) is 0 Å². The average Bonchev–Trinajstić information content (AvgIpc) is 3.12. The molecule has 7 nitrogen and oxygen atoms in total. The highest BCUT2D eigenvalue weighted by atomic mass is 16.5. The Hall–Kier alpha value is -1.63. The molecule has 0 radical (unpaired) electrons. The van der Waals surface area contributed by atoms with Crippen LogP contribution in [0, 0.1) is 0 Å². The van der Waals surface area contributed by atoms with E-state index in [-0.39, 0.29) is 12.0 Å². The Morgan fingerprint density at radius 1 is 1.24 bits per heavy atom. The molecule has 0 saturated carbocycles. The molecule has 2 heterocycles. The summed E-state index contributed by atoms with van der Waals surface area (Å²) in [7, 11) is 0. The molecule has 0 aliphatic carbocycles. The summed E-state index contributed by atoms with van der Waals surface area (Å²) in [6.07, 6.45) is 4.15. The lowest BCUT2D eigenvalue weighted by atomic mass is 10.2. The predicted octanol–water partition coefficient (Wildman–Crippen LogP) is -0.590. The molecule has 0 aromatic heterocycles. The first kappa shape index (κ1) is 15.8. The van der Waals surface area contributed by atoms with Gasteiger partial charge in [-0.05, 0) is 25.7 Å². The maximum Gasteiger partial charge on any atom is 0.309 e. The van der Waals surface area contributed by atoms with Crippen LogP contribution in [0.2, 0.25) is 0 Å². The van der Waals surface area contributed by atoms with Crippen molar-refractivity contribution in [2.45, 2.75) is 38.2 Å². The zero-order valence-electron chi connectivity index (χ0n) is 12.2. The monoisotopic (exact) mass is 297 g/mol. The third kappa shape index (κ3) is 5.00. The van der Waals surface area contributed by atoms with Gasteiger partial charge in [0.1, 0.15) is 0 Å². The van der Waals surface area contributed by atoms with Gasteiger partial charge in [-0.15, -0.1) is 0 Å². The summed E-state index contributed by atoms with van der Waals surface area (Å²) in [5.74, 6) is -1.07. The van der Waals surface area contributed by atoms with Crippen LogP contribution in [0.3, 0.4) is 0 Å². The fourth-order valence-electron chi connectivity index (χ4n) is 2.58. The molecule has 2 aliphatic rings. The van der Waals surface area contributed by atoms with E-state index in [4.69, 9.17) is 4.74 Å². The van der Waals surface area contributed by atoms with E-state index in [1.54, 1.807) is 4.90 Å². The van der Waals surface area contributed by atoms with Gasteiger partial charge in [0.15, 0.2) is 0 Å². The number of hydrogen-bond acceptors (Lipinski definition) is 4. The van der Waals surface area contributed by atoms with Crippen LogP contribution in [0.25, 0.3) is 0 Å². The molecule has 2 saturated heterocycles. The van der Waals surface area contributed by atoms with E-state index in [0.29, 0.717) is 32.5 Å². The van der Waals surface area contributed by atoms with Crippen LogP contribution < -0.4 is 10.6 Å². The number of amides is 3. The minimum atomic E-state index is -0.624. The Morgan fingerprint density at radius 3 is 2.71 bits per heavy atom. The van der Waals surface area contributed by atoms with Crippen LogP contribution in [0.15, 0.2) is 0 Å². The average molecular weight is 297 g/mol. The van der Waals surface area contributed by atoms with E-state index < -0.39 is 11.8 Å². The summed E-state index contributed by atoms with van der Waals surface area (Å²) in [6, 6.07) is 0. The van der Waals surface area contributed by atoms with Gasteiger partial charge in [-0.2, -0.15) is 0 Å². The van der Waals surface area contributed by atoms with Crippen molar-refractivity contribution in [2.24, 2.45) is 0 Å². The fourth-order valence-corrected chi connectivity index (χ4v) is 2.58. The zero-order chi connectivity index (χ0) is 15.1. The minimum absolute atomic E-state index is 0.0305. The van der Waals surface area contributed by atoms with Crippen LogP contribution >= 0.6 is 0 Å². The lowest BCUT2D eigenvalue weighted by Crippen LogP contribution is -2.43. The number of carbonyl (C=O) groups is 3. The predicted molar refractivity (Wildman–Crippen MR) is 75.4 cm³/mol. The van der Waals surface area contributed by atoms with Gasteiger partial charge in [0.2, 0.25) is 5.91 Å². The van der Waals surface area contributed by atoms with Gasteiger partial charge in [0.05, 0.1) is 6.10 Å². The van der Waals surface area contributed by atoms with Crippen molar-refractivity contribution < 1.29 is 19.1 Å². The molecule has 0 aromatic carbocycles. The molecule has 1 atom stereocenters. The van der Waals surface area contributed by atoms with Gasteiger partial charge in [0, 0.05) is 39.2 Å². The lowest BCUT2D eigenvalue weighted by molar-refractivity contribution is -0.139. The van der Waals surface area contributed by atoms with Crippen molar-refractivity contribution in [3.63, 3.8) is 0 Å². The summed E-state index contributed by atoms with van der Waals surface area (Å²) in [6.45, 7) is 2.94. The fraction of sp³-hybridized carbons (Fsp3) is 0.786. The standard InChI is InChI=1S/C14H23N3O4/c18-12-5-1-7-17(12)8-3-6-15-13(19)14(20)16-10-11-4-2-9-21-11/h11H,1-10H2,(H,15,19)(H,16,20). The topological polar surface area (TPSA) is 87.7 Å². The number of likely N-dealkylation sites (tertiary alicyclic amines) is 1. The van der Waals surface area contributed by atoms with E-state index in [9.17, 15) is 14.4 Å². The quantitative estimate of drug-likeness (QED) is 0.507. The molecule has 2 N–H and O–H groups in total. The van der Waals surface area contributed by atoms with Crippen LogP contribution in [-0.2, 0) is 19.1 Å². The molecule has 0 aromatic rings. The summed E-state index contributed by atoms with van der Waals surface area (Å²) < 4.78 is 5.36. The maximum absolute atomic E-state index is 11.6. The SMILES string of the molecule is O=C(NCCCN1CCCC1=O)C(=O)NCC1CCCO1. The molecule has 3 amide bonds. The van der Waals surface area contributed by atoms with Crippen molar-refractivity contribution in [1.82, 2.24) is 15.5 Å². The Labute approximate surface area is 124 Å². The first-order chi connectivity index (χ1) is 10.2. The highest BCUT2D eigenvalue weighted by molar-refractivity contribution is 6.35. The second-order valence-corrected chi connectivity index (χ2v) is 5.44. The van der Waals surface area contributed by atoms with Gasteiger partial charge in [-0.25, -0.2) is 0 Å². The maximum atomic E-state index is 11.6. The molecule has 21 heavy (non-hydrogen) atoms. The second-order valence-electron chi connectivity index (χ2n) is 5.44. The van der Waals surface area contributed by atoms with Crippen molar-refractivity contribution in [3.8, 4) is 0 Å². The van der Waals surface area contributed by atoms with Crippen LogP contribution in [0.4, 0.5) is 0 Å². The van der Waals surface area contributed by atoms with Crippen molar-refractivity contribution in [2.75, 3.05) is 32.8 Å². The van der Waals surface area contributed by atoms with Crippen molar-refractivity contribution in [1.29, 1.82) is 0 Å². The number of nitrogens with zero attached hydrogens (tertiary/aromatic N) is 1. The second kappa shape index (κ2) is 7.97. The zero-order valence-corrected chi connectivity index (χ0v) is 12.2. The molecule has 2 rings (SSSR count). The third-order valence-electron chi connectivity index (χ3n) is 3.78. The van der Waals surface area contributed by atoms with E-state index in [2.05, 4.69) is 10.6 Å². The molecule has 0 spiro atoms. The van der Waals surface area contributed by atoms with Gasteiger partial charge in [-0.3, -0.25) is 14.4 Å². The Morgan fingerprint density at radius 2 is 2.05 bits per heavy atom. The van der Waals surface area contributed by atoms with Crippen LogP contribution in [0.5, 0.6) is 0 Å². The van der Waals surface area contributed by atoms with Gasteiger partial charge >= 0.3 is 11.8 Å². The number of hydrogen-bond donors (Lipinski definition) is 2. The van der Waals surface area contributed by atoms with E-state index in [1.165, 1.54) is 0 Å². The van der Waals surface area contributed by atoms with Crippen LogP contribution in [0.1, 0.15) is 32.1 Å². The first-order valence-electron chi connectivity index (χ1n) is 7.62. The van der Waals surface area contributed by atoms with Crippen molar-refractivity contribution in [3.05, 3.63) is 0 Å². The van der Waals surface area contributed by atoms with Gasteiger partial charge in [-0.1, -0.05) is 0 Å². The highest BCUT2D eigenvalue weighted by Gasteiger charge is 2.20. The number of nitrogens with one attached hydrogen (secondary N) is 2. The van der Waals surface area contributed by atoms with Gasteiger partial charge < -0.3 is 20.3 Å². The molecular formula is C14H23N3O4. The summed E-state index contributed by atoms with van der Waals surface area (Å²) >= 11 is 0. The largest absolute Gasteiger partial charge is 0.376 e. The Bertz CT molecular complexity index is 394.